The first kappa shape index (κ1) is 37.4. The van der Waals surface area contributed by atoms with Crippen LogP contribution < -0.4 is 5.32 Å². The Morgan fingerprint density at radius 3 is 2.48 bits per heavy atom. The fourth-order valence-corrected chi connectivity index (χ4v) is 12.5. The number of aliphatic imine (C=N–C) groups is 2. The van der Waals surface area contributed by atoms with Crippen LogP contribution in [0.25, 0.3) is 21.9 Å². The van der Waals surface area contributed by atoms with E-state index >= 15 is 0 Å². The second kappa shape index (κ2) is 14.9. The van der Waals surface area contributed by atoms with Gasteiger partial charge < -0.3 is 5.32 Å². The number of benzene rings is 5. The Balaban J connectivity index is 0.867. The van der Waals surface area contributed by atoms with E-state index in [9.17, 15) is 0 Å². The number of rotatable bonds is 7. The Bertz CT molecular complexity index is 3060. The van der Waals surface area contributed by atoms with Crippen molar-refractivity contribution in [3.8, 4) is 0 Å². The number of aryl methyl sites for hydroxylation is 1. The molecule has 0 fully saturated rings. The monoisotopic (exact) mass is 819 g/mol. The van der Waals surface area contributed by atoms with Crippen molar-refractivity contribution in [2.45, 2.75) is 63.6 Å². The summed E-state index contributed by atoms with van der Waals surface area (Å²) < 4.78 is 1.30. The summed E-state index contributed by atoms with van der Waals surface area (Å²) in [7, 11) is 0. The molecule has 5 unspecified atom stereocenters. The molecule has 0 saturated heterocycles. The molecule has 1 N–H and O–H groups in total. The lowest BCUT2D eigenvalue weighted by Gasteiger charge is -2.40. The first-order valence-corrected chi connectivity index (χ1v) is 23.3. The minimum absolute atomic E-state index is 0.143. The quantitative estimate of drug-likeness (QED) is 0.171. The van der Waals surface area contributed by atoms with Gasteiger partial charge in [0.2, 0.25) is 0 Å². The molecule has 5 atom stereocenters. The molecule has 3 nitrogen and oxygen atoms in total. The van der Waals surface area contributed by atoms with Crippen LogP contribution >= 0.6 is 11.3 Å². The fourth-order valence-electron chi connectivity index (χ4n) is 11.3. The number of fused-ring (bicyclic) bond motifs is 8. The molecule has 0 bridgehead atoms. The van der Waals surface area contributed by atoms with Gasteiger partial charge in [0, 0.05) is 27.8 Å². The first-order chi connectivity index (χ1) is 30.5. The summed E-state index contributed by atoms with van der Waals surface area (Å²) in [6.45, 7) is 4.74. The first-order valence-electron chi connectivity index (χ1n) is 22.5. The Kier molecular flexibility index (Phi) is 9.00. The normalized spacial score (nSPS) is 24.4. The molecule has 12 rings (SSSR count). The molecule has 0 spiro atoms. The van der Waals surface area contributed by atoms with E-state index in [1.807, 2.05) is 11.3 Å². The Hall–Kier alpha value is -6.36. The summed E-state index contributed by atoms with van der Waals surface area (Å²) >= 11 is 1.87. The number of nitrogens with one attached hydrogen (secondary N) is 1. The van der Waals surface area contributed by atoms with Gasteiger partial charge in [0.15, 0.2) is 0 Å². The average molecular weight is 820 g/mol. The molecule has 2 aliphatic heterocycles. The second-order valence-electron chi connectivity index (χ2n) is 18.1. The molecule has 62 heavy (non-hydrogen) atoms. The van der Waals surface area contributed by atoms with Crippen LogP contribution in [0, 0.1) is 11.8 Å². The third-order valence-corrected chi connectivity index (χ3v) is 15.5. The number of hydrogen-bond donors (Lipinski definition) is 1. The third-order valence-electron chi connectivity index (χ3n) is 14.3. The van der Waals surface area contributed by atoms with E-state index in [1.165, 1.54) is 73.2 Å². The lowest BCUT2D eigenvalue weighted by atomic mass is 9.68. The van der Waals surface area contributed by atoms with Gasteiger partial charge in [-0.15, -0.1) is 11.3 Å². The average Bonchev–Trinajstić information content (AvgIpc) is 3.87. The van der Waals surface area contributed by atoms with E-state index in [-0.39, 0.29) is 12.1 Å². The van der Waals surface area contributed by atoms with E-state index in [0.29, 0.717) is 11.8 Å². The van der Waals surface area contributed by atoms with Crippen molar-refractivity contribution in [1.29, 1.82) is 0 Å². The minimum atomic E-state index is -0.420. The van der Waals surface area contributed by atoms with Gasteiger partial charge in [-0.1, -0.05) is 170 Å². The van der Waals surface area contributed by atoms with Crippen molar-refractivity contribution in [2.24, 2.45) is 21.8 Å². The van der Waals surface area contributed by atoms with Gasteiger partial charge >= 0.3 is 0 Å². The van der Waals surface area contributed by atoms with Crippen LogP contribution in [-0.2, 0) is 6.42 Å². The molecule has 1 aromatic heterocycles. The zero-order valence-corrected chi connectivity index (χ0v) is 36.1. The van der Waals surface area contributed by atoms with E-state index in [2.05, 4.69) is 189 Å². The topological polar surface area (TPSA) is 36.8 Å². The molecule has 4 heteroatoms. The van der Waals surface area contributed by atoms with Crippen molar-refractivity contribution in [1.82, 2.24) is 5.32 Å². The van der Waals surface area contributed by atoms with Crippen molar-refractivity contribution in [3.05, 3.63) is 236 Å². The minimum Gasteiger partial charge on any atom is -0.360 e. The second-order valence-corrected chi connectivity index (χ2v) is 19.2. The zero-order chi connectivity index (χ0) is 41.4. The fraction of sp³-hybridized carbons (Fsp3) is 0.207. The van der Waals surface area contributed by atoms with Gasteiger partial charge in [0.1, 0.15) is 6.17 Å². The van der Waals surface area contributed by atoms with E-state index in [0.717, 1.165) is 46.7 Å². The Labute approximate surface area is 369 Å². The maximum atomic E-state index is 5.71. The molecular formula is C58H49N3S. The summed E-state index contributed by atoms with van der Waals surface area (Å²) in [5, 5.41) is 5.22. The van der Waals surface area contributed by atoms with Crippen molar-refractivity contribution in [3.63, 3.8) is 0 Å². The number of allylic oxidation sites excluding steroid dienone is 9. The van der Waals surface area contributed by atoms with Gasteiger partial charge in [-0.2, -0.15) is 0 Å². The van der Waals surface area contributed by atoms with E-state index in [1.54, 1.807) is 11.1 Å². The molecule has 3 heterocycles. The SMILES string of the molecule is CC1CC=CC2=C1C(CCc1ccc(C3=CC(c4ccccc4)=NC(c4cccc(C5=NC6(C)C=Cc7ccccc7C6c6c5sc5ccccc65)c4)N3)cc1)C1=C2C=CCC1. The van der Waals surface area contributed by atoms with Crippen LogP contribution in [0.4, 0.5) is 0 Å². The van der Waals surface area contributed by atoms with Gasteiger partial charge in [-0.05, 0) is 119 Å². The summed E-state index contributed by atoms with van der Waals surface area (Å²) in [6.07, 6.45) is 21.9. The zero-order valence-electron chi connectivity index (χ0n) is 35.3. The Morgan fingerprint density at radius 1 is 0.774 bits per heavy atom. The molecule has 4 aliphatic carbocycles. The van der Waals surface area contributed by atoms with Crippen LogP contribution in [0.3, 0.4) is 0 Å². The maximum Gasteiger partial charge on any atom is 0.145 e. The molecule has 302 valence electrons. The van der Waals surface area contributed by atoms with Crippen molar-refractivity contribution in [2.75, 3.05) is 0 Å². The van der Waals surface area contributed by atoms with Crippen LogP contribution in [0.15, 0.2) is 196 Å². The molecule has 0 amide bonds. The third kappa shape index (κ3) is 6.22. The van der Waals surface area contributed by atoms with Crippen LogP contribution in [0.2, 0.25) is 0 Å². The van der Waals surface area contributed by atoms with Crippen molar-refractivity contribution >= 4 is 44.6 Å². The molecule has 6 aliphatic rings. The lowest BCUT2D eigenvalue weighted by Crippen LogP contribution is -2.37. The highest BCUT2D eigenvalue weighted by Gasteiger charge is 2.45. The molecule has 0 radical (unpaired) electrons. The lowest BCUT2D eigenvalue weighted by molar-refractivity contribution is 0.508. The summed E-state index contributed by atoms with van der Waals surface area (Å²) in [6, 6.07) is 46.6. The molecule has 6 aromatic rings. The standard InChI is InChI=1S/C58H49N3S/c1-36-14-12-24-46-44-21-8-9-22-45(44)47(52(36)46)31-28-37-26-29-40(30-27-37)50-35-49(39-16-4-3-5-17-39)59-57(60-50)42-19-13-18-41(34-42)55-56-53(48-23-10-11-25-51(48)62-56)54-43-20-7-6-15-38(43)32-33-58(54,2)61-55/h3-8,10-13,15-21,23-27,29-30,32-36,47,54,57,60H,9,14,22,28,31H2,1-2H3. The maximum absolute atomic E-state index is 5.71. The summed E-state index contributed by atoms with van der Waals surface area (Å²) in [5.74, 6) is 1.33. The predicted octanol–water partition coefficient (Wildman–Crippen LogP) is 13.9. The summed E-state index contributed by atoms with van der Waals surface area (Å²) in [4.78, 5) is 12.4. The highest BCUT2D eigenvalue weighted by atomic mass is 32.1. The van der Waals surface area contributed by atoms with Gasteiger partial charge in [-0.25, -0.2) is 0 Å². The largest absolute Gasteiger partial charge is 0.360 e. The van der Waals surface area contributed by atoms with Crippen LogP contribution in [0.1, 0.15) is 101 Å². The number of nitrogens with zero attached hydrogens (tertiary/aromatic N) is 2. The highest BCUT2D eigenvalue weighted by Crippen LogP contribution is 2.53. The Morgan fingerprint density at radius 2 is 1.58 bits per heavy atom. The molecular weight excluding hydrogens is 771 g/mol. The van der Waals surface area contributed by atoms with Gasteiger partial charge in [0.05, 0.1) is 21.8 Å². The highest BCUT2D eigenvalue weighted by molar-refractivity contribution is 7.21. The van der Waals surface area contributed by atoms with Crippen molar-refractivity contribution < 1.29 is 0 Å². The molecule has 5 aromatic carbocycles. The van der Waals surface area contributed by atoms with Gasteiger partial charge in [-0.3, -0.25) is 9.98 Å². The van der Waals surface area contributed by atoms with Crippen LogP contribution in [0.5, 0.6) is 0 Å². The summed E-state index contributed by atoms with van der Waals surface area (Å²) in [5.41, 5.74) is 19.1. The predicted molar refractivity (Wildman–Crippen MR) is 260 cm³/mol. The smallest absolute Gasteiger partial charge is 0.145 e. The number of hydrogen-bond acceptors (Lipinski definition) is 4. The van der Waals surface area contributed by atoms with E-state index in [4.69, 9.17) is 9.98 Å². The van der Waals surface area contributed by atoms with E-state index < -0.39 is 5.54 Å². The van der Waals surface area contributed by atoms with Crippen LogP contribution in [-0.4, -0.2) is 17.0 Å². The van der Waals surface area contributed by atoms with Gasteiger partial charge in [0.25, 0.3) is 0 Å². The molecule has 0 saturated carbocycles. The number of thiophene rings is 1.